The number of carbonyl (C=O) groups excluding carboxylic acids is 1. The van der Waals surface area contributed by atoms with Crippen molar-refractivity contribution in [1.82, 2.24) is 9.80 Å². The SMILES string of the molecule is CCCC(C)(C=O)CN1CCN(CC2CC2)CC1. The van der Waals surface area contributed by atoms with Crippen molar-refractivity contribution in [3.05, 3.63) is 0 Å². The van der Waals surface area contributed by atoms with E-state index in [1.807, 2.05) is 0 Å². The Labute approximate surface area is 112 Å². The van der Waals surface area contributed by atoms with Crippen LogP contribution in [0.4, 0.5) is 0 Å². The molecule has 0 spiro atoms. The minimum absolute atomic E-state index is 0.132. The highest BCUT2D eigenvalue weighted by Crippen LogP contribution is 2.30. The van der Waals surface area contributed by atoms with Gasteiger partial charge in [0.15, 0.2) is 0 Å². The quantitative estimate of drug-likeness (QED) is 0.648. The first kappa shape index (κ1) is 14.0. The number of piperazine rings is 1. The maximum absolute atomic E-state index is 11.3. The predicted octanol–water partition coefficient (Wildman–Crippen LogP) is 2.02. The van der Waals surface area contributed by atoms with Crippen molar-refractivity contribution >= 4 is 6.29 Å². The van der Waals surface area contributed by atoms with Crippen LogP contribution in [0.25, 0.3) is 0 Å². The Morgan fingerprint density at radius 1 is 1.17 bits per heavy atom. The number of rotatable bonds is 7. The van der Waals surface area contributed by atoms with Crippen LogP contribution in [0.5, 0.6) is 0 Å². The first-order valence-corrected chi connectivity index (χ1v) is 7.56. The summed E-state index contributed by atoms with van der Waals surface area (Å²) in [5.41, 5.74) is -0.132. The van der Waals surface area contributed by atoms with Crippen molar-refractivity contribution in [3.63, 3.8) is 0 Å². The Morgan fingerprint density at radius 3 is 2.28 bits per heavy atom. The zero-order valence-electron chi connectivity index (χ0n) is 12.0. The van der Waals surface area contributed by atoms with Gasteiger partial charge in [0.25, 0.3) is 0 Å². The lowest BCUT2D eigenvalue weighted by Crippen LogP contribution is -2.50. The van der Waals surface area contributed by atoms with Crippen LogP contribution in [0.2, 0.25) is 0 Å². The molecule has 0 aromatic heterocycles. The van der Waals surface area contributed by atoms with E-state index in [1.165, 1.54) is 38.8 Å². The summed E-state index contributed by atoms with van der Waals surface area (Å²) < 4.78 is 0. The number of nitrogens with zero attached hydrogens (tertiary/aromatic N) is 2. The molecule has 18 heavy (non-hydrogen) atoms. The summed E-state index contributed by atoms with van der Waals surface area (Å²) in [6.07, 6.45) is 6.17. The number of hydrogen-bond acceptors (Lipinski definition) is 3. The molecule has 0 radical (unpaired) electrons. The minimum atomic E-state index is -0.132. The molecule has 2 fully saturated rings. The molecule has 104 valence electrons. The molecule has 1 unspecified atom stereocenters. The van der Waals surface area contributed by atoms with Gasteiger partial charge in [0.05, 0.1) is 0 Å². The highest BCUT2D eigenvalue weighted by Gasteiger charge is 2.30. The average Bonchev–Trinajstić information content (AvgIpc) is 3.16. The van der Waals surface area contributed by atoms with Crippen molar-refractivity contribution in [3.8, 4) is 0 Å². The van der Waals surface area contributed by atoms with Crippen LogP contribution in [0, 0.1) is 11.3 Å². The molecule has 1 heterocycles. The number of aldehydes is 1. The highest BCUT2D eigenvalue weighted by atomic mass is 16.1. The molecule has 0 amide bonds. The summed E-state index contributed by atoms with van der Waals surface area (Å²) in [5.74, 6) is 0.997. The average molecular weight is 252 g/mol. The molecule has 1 atom stereocenters. The molecule has 0 N–H and O–H groups in total. The number of hydrogen-bond donors (Lipinski definition) is 0. The topological polar surface area (TPSA) is 23.6 Å². The zero-order valence-corrected chi connectivity index (χ0v) is 12.0. The van der Waals surface area contributed by atoms with Gasteiger partial charge in [-0.25, -0.2) is 0 Å². The van der Waals surface area contributed by atoms with E-state index in [9.17, 15) is 4.79 Å². The molecular weight excluding hydrogens is 224 g/mol. The summed E-state index contributed by atoms with van der Waals surface area (Å²) in [4.78, 5) is 16.4. The van der Waals surface area contributed by atoms with Crippen LogP contribution < -0.4 is 0 Å². The van der Waals surface area contributed by atoms with Crippen LogP contribution in [-0.4, -0.2) is 55.4 Å². The lowest BCUT2D eigenvalue weighted by molar-refractivity contribution is -0.117. The largest absolute Gasteiger partial charge is 0.303 e. The van der Waals surface area contributed by atoms with E-state index in [0.717, 1.165) is 38.4 Å². The molecule has 1 aliphatic carbocycles. The fourth-order valence-corrected chi connectivity index (χ4v) is 3.05. The van der Waals surface area contributed by atoms with E-state index < -0.39 is 0 Å². The standard InChI is InChI=1S/C15H28N2O/c1-3-6-15(2,13-18)12-17-9-7-16(8-10-17)11-14-4-5-14/h13-14H,3-12H2,1-2H3. The lowest BCUT2D eigenvalue weighted by Gasteiger charge is -2.38. The van der Waals surface area contributed by atoms with Crippen LogP contribution in [0.1, 0.15) is 39.5 Å². The van der Waals surface area contributed by atoms with Crippen LogP contribution in [-0.2, 0) is 4.79 Å². The summed E-state index contributed by atoms with van der Waals surface area (Å²) in [6.45, 7) is 11.2. The third kappa shape index (κ3) is 4.06. The molecule has 3 heteroatoms. The molecule has 2 aliphatic rings. The molecule has 0 bridgehead atoms. The number of carbonyl (C=O) groups is 1. The molecule has 0 aromatic carbocycles. The monoisotopic (exact) mass is 252 g/mol. The third-order valence-electron chi connectivity index (χ3n) is 4.37. The van der Waals surface area contributed by atoms with Gasteiger partial charge in [-0.05, 0) is 25.2 Å². The maximum Gasteiger partial charge on any atom is 0.127 e. The van der Waals surface area contributed by atoms with Gasteiger partial charge in [0.1, 0.15) is 6.29 Å². The van der Waals surface area contributed by atoms with Gasteiger partial charge in [-0.3, -0.25) is 4.90 Å². The van der Waals surface area contributed by atoms with Crippen LogP contribution >= 0.6 is 0 Å². The smallest absolute Gasteiger partial charge is 0.127 e. The molecular formula is C15H28N2O. The van der Waals surface area contributed by atoms with Gasteiger partial charge in [0, 0.05) is 44.7 Å². The van der Waals surface area contributed by atoms with E-state index in [1.54, 1.807) is 0 Å². The van der Waals surface area contributed by atoms with Crippen molar-refractivity contribution in [2.24, 2.45) is 11.3 Å². The Morgan fingerprint density at radius 2 is 1.78 bits per heavy atom. The Kier molecular flexibility index (Phi) is 4.79. The fraction of sp³-hybridized carbons (Fsp3) is 0.933. The van der Waals surface area contributed by atoms with Crippen molar-refractivity contribution in [2.75, 3.05) is 39.3 Å². The van der Waals surface area contributed by atoms with Gasteiger partial charge >= 0.3 is 0 Å². The zero-order chi connectivity index (χ0) is 13.0. The second-order valence-electron chi connectivity index (χ2n) is 6.54. The van der Waals surface area contributed by atoms with E-state index in [0.29, 0.717) is 0 Å². The van der Waals surface area contributed by atoms with Crippen LogP contribution in [0.15, 0.2) is 0 Å². The van der Waals surface area contributed by atoms with E-state index >= 15 is 0 Å². The van der Waals surface area contributed by atoms with Gasteiger partial charge < -0.3 is 9.69 Å². The lowest BCUT2D eigenvalue weighted by atomic mass is 9.86. The van der Waals surface area contributed by atoms with E-state index in [4.69, 9.17) is 0 Å². The van der Waals surface area contributed by atoms with E-state index in [-0.39, 0.29) is 5.41 Å². The van der Waals surface area contributed by atoms with Crippen molar-refractivity contribution in [1.29, 1.82) is 0 Å². The van der Waals surface area contributed by atoms with E-state index in [2.05, 4.69) is 23.6 Å². The second kappa shape index (κ2) is 6.16. The molecule has 2 rings (SSSR count). The molecule has 1 aliphatic heterocycles. The Balaban J connectivity index is 1.72. The molecule has 0 aromatic rings. The summed E-state index contributed by atoms with van der Waals surface area (Å²) in [7, 11) is 0. The van der Waals surface area contributed by atoms with Crippen molar-refractivity contribution in [2.45, 2.75) is 39.5 Å². The predicted molar refractivity (Wildman–Crippen MR) is 74.7 cm³/mol. The van der Waals surface area contributed by atoms with Gasteiger partial charge in [-0.15, -0.1) is 0 Å². The molecule has 3 nitrogen and oxygen atoms in total. The molecule has 1 saturated heterocycles. The Hall–Kier alpha value is -0.410. The van der Waals surface area contributed by atoms with Gasteiger partial charge in [-0.1, -0.05) is 20.3 Å². The summed E-state index contributed by atoms with van der Waals surface area (Å²) >= 11 is 0. The fourth-order valence-electron chi connectivity index (χ4n) is 3.05. The summed E-state index contributed by atoms with van der Waals surface area (Å²) in [5, 5.41) is 0. The second-order valence-corrected chi connectivity index (χ2v) is 6.54. The Bertz CT molecular complexity index is 270. The first-order chi connectivity index (χ1) is 8.65. The van der Waals surface area contributed by atoms with Crippen LogP contribution in [0.3, 0.4) is 0 Å². The highest BCUT2D eigenvalue weighted by molar-refractivity contribution is 5.59. The normalized spacial score (nSPS) is 25.9. The first-order valence-electron chi connectivity index (χ1n) is 7.56. The molecule has 1 saturated carbocycles. The van der Waals surface area contributed by atoms with Gasteiger partial charge in [0.2, 0.25) is 0 Å². The van der Waals surface area contributed by atoms with Crippen molar-refractivity contribution < 1.29 is 4.79 Å². The third-order valence-corrected chi connectivity index (χ3v) is 4.37. The van der Waals surface area contributed by atoms with Gasteiger partial charge in [-0.2, -0.15) is 0 Å². The minimum Gasteiger partial charge on any atom is -0.303 e. The summed E-state index contributed by atoms with van der Waals surface area (Å²) in [6, 6.07) is 0. The maximum atomic E-state index is 11.3.